The zero-order chi connectivity index (χ0) is 8.55. The maximum Gasteiger partial charge on any atom is 0.0400 e. The SMILES string of the molecule is CC1=C(C)C2C=CC=CC=C2N1. The molecule has 0 radical (unpaired) electrons. The second kappa shape index (κ2) is 2.67. The van der Waals surface area contributed by atoms with Crippen LogP contribution >= 0.6 is 0 Å². The van der Waals surface area contributed by atoms with Gasteiger partial charge in [-0.3, -0.25) is 0 Å². The lowest BCUT2D eigenvalue weighted by molar-refractivity contribution is 0.886. The molecule has 2 aliphatic rings. The number of hydrogen-bond acceptors (Lipinski definition) is 1. The van der Waals surface area contributed by atoms with E-state index < -0.39 is 0 Å². The predicted molar refractivity (Wildman–Crippen MR) is 51.4 cm³/mol. The molecule has 0 aromatic carbocycles. The molecule has 0 aromatic rings. The van der Waals surface area contributed by atoms with E-state index in [0.29, 0.717) is 5.92 Å². The summed E-state index contributed by atoms with van der Waals surface area (Å²) in [4.78, 5) is 0. The minimum atomic E-state index is 0.486. The van der Waals surface area contributed by atoms with E-state index in [4.69, 9.17) is 0 Å². The molecule has 0 spiro atoms. The summed E-state index contributed by atoms with van der Waals surface area (Å²) < 4.78 is 0. The van der Waals surface area contributed by atoms with E-state index in [1.807, 2.05) is 0 Å². The first-order chi connectivity index (χ1) is 5.79. The fraction of sp³-hybridized carbons (Fsp3) is 0.273. The average Bonchev–Trinajstić information content (AvgIpc) is 2.30. The fourth-order valence-corrected chi connectivity index (χ4v) is 1.65. The third kappa shape index (κ3) is 1.02. The van der Waals surface area contributed by atoms with Crippen LogP contribution in [0.5, 0.6) is 0 Å². The van der Waals surface area contributed by atoms with Gasteiger partial charge in [0.15, 0.2) is 0 Å². The van der Waals surface area contributed by atoms with E-state index in [-0.39, 0.29) is 0 Å². The topological polar surface area (TPSA) is 12.0 Å². The summed E-state index contributed by atoms with van der Waals surface area (Å²) in [6, 6.07) is 0. The molecule has 1 aliphatic carbocycles. The Labute approximate surface area is 73.2 Å². The highest BCUT2D eigenvalue weighted by molar-refractivity contribution is 5.40. The highest BCUT2D eigenvalue weighted by Crippen LogP contribution is 2.30. The summed E-state index contributed by atoms with van der Waals surface area (Å²) in [6.07, 6.45) is 10.6. The standard InChI is InChI=1S/C11H13N/c1-8-9(2)12-11-7-5-3-4-6-10(8)11/h3-7,10,12H,1-2H3. The van der Waals surface area contributed by atoms with Gasteiger partial charge < -0.3 is 5.32 Å². The number of allylic oxidation sites excluding steroid dienone is 6. The first kappa shape index (κ1) is 7.41. The maximum atomic E-state index is 3.38. The zero-order valence-corrected chi connectivity index (χ0v) is 7.46. The largest absolute Gasteiger partial charge is 0.362 e. The van der Waals surface area contributed by atoms with E-state index in [9.17, 15) is 0 Å². The molecule has 0 saturated heterocycles. The van der Waals surface area contributed by atoms with Crippen molar-refractivity contribution in [1.29, 1.82) is 0 Å². The predicted octanol–water partition coefficient (Wildman–Crippen LogP) is 2.51. The molecule has 62 valence electrons. The number of nitrogens with one attached hydrogen (secondary N) is 1. The van der Waals surface area contributed by atoms with Crippen molar-refractivity contribution in [2.24, 2.45) is 5.92 Å². The summed E-state index contributed by atoms with van der Waals surface area (Å²) >= 11 is 0. The molecular formula is C11H13N. The second-order valence-corrected chi connectivity index (χ2v) is 3.30. The van der Waals surface area contributed by atoms with Crippen molar-refractivity contribution in [3.8, 4) is 0 Å². The molecule has 0 amide bonds. The van der Waals surface area contributed by atoms with Crippen LogP contribution in [-0.4, -0.2) is 0 Å². The molecule has 1 heterocycles. The van der Waals surface area contributed by atoms with Crippen molar-refractivity contribution in [2.45, 2.75) is 13.8 Å². The van der Waals surface area contributed by atoms with Crippen molar-refractivity contribution >= 4 is 0 Å². The molecule has 0 saturated carbocycles. The van der Waals surface area contributed by atoms with E-state index in [1.54, 1.807) is 0 Å². The van der Waals surface area contributed by atoms with Gasteiger partial charge in [-0.15, -0.1) is 0 Å². The minimum Gasteiger partial charge on any atom is -0.362 e. The molecule has 2 rings (SSSR count). The third-order valence-corrected chi connectivity index (χ3v) is 2.53. The minimum absolute atomic E-state index is 0.486. The van der Waals surface area contributed by atoms with Gasteiger partial charge >= 0.3 is 0 Å². The summed E-state index contributed by atoms with van der Waals surface area (Å²) in [5.41, 5.74) is 4.03. The molecule has 1 heteroatoms. The van der Waals surface area contributed by atoms with Gasteiger partial charge in [0.25, 0.3) is 0 Å². The summed E-state index contributed by atoms with van der Waals surface area (Å²) in [5.74, 6) is 0.486. The molecule has 0 bridgehead atoms. The lowest BCUT2D eigenvalue weighted by Crippen LogP contribution is -2.06. The van der Waals surface area contributed by atoms with Crippen LogP contribution in [0.1, 0.15) is 13.8 Å². The third-order valence-electron chi connectivity index (χ3n) is 2.53. The number of rotatable bonds is 0. The normalized spacial score (nSPS) is 26.5. The van der Waals surface area contributed by atoms with Crippen LogP contribution in [0.15, 0.2) is 47.3 Å². The molecule has 1 atom stereocenters. The lowest BCUT2D eigenvalue weighted by Gasteiger charge is -2.06. The molecule has 1 N–H and O–H groups in total. The second-order valence-electron chi connectivity index (χ2n) is 3.30. The van der Waals surface area contributed by atoms with Crippen LogP contribution in [0.3, 0.4) is 0 Å². The van der Waals surface area contributed by atoms with Gasteiger partial charge in [-0.25, -0.2) is 0 Å². The van der Waals surface area contributed by atoms with E-state index >= 15 is 0 Å². The van der Waals surface area contributed by atoms with Crippen LogP contribution in [-0.2, 0) is 0 Å². The first-order valence-corrected chi connectivity index (χ1v) is 4.28. The quantitative estimate of drug-likeness (QED) is 0.572. The molecule has 12 heavy (non-hydrogen) atoms. The highest BCUT2D eigenvalue weighted by Gasteiger charge is 2.21. The van der Waals surface area contributed by atoms with Crippen molar-refractivity contribution < 1.29 is 0 Å². The van der Waals surface area contributed by atoms with Gasteiger partial charge in [0.05, 0.1) is 0 Å². The van der Waals surface area contributed by atoms with Gasteiger partial charge in [-0.1, -0.05) is 24.3 Å². The van der Waals surface area contributed by atoms with Crippen molar-refractivity contribution in [3.63, 3.8) is 0 Å². The Morgan fingerprint density at radius 1 is 1.17 bits per heavy atom. The molecule has 1 nitrogen and oxygen atoms in total. The van der Waals surface area contributed by atoms with Crippen molar-refractivity contribution in [2.75, 3.05) is 0 Å². The Hall–Kier alpha value is -1.24. The van der Waals surface area contributed by atoms with Gasteiger partial charge in [-0.2, -0.15) is 0 Å². The van der Waals surface area contributed by atoms with E-state index in [1.165, 1.54) is 17.0 Å². The van der Waals surface area contributed by atoms with Crippen molar-refractivity contribution in [3.05, 3.63) is 47.3 Å². The van der Waals surface area contributed by atoms with Gasteiger partial charge in [0.2, 0.25) is 0 Å². The highest BCUT2D eigenvalue weighted by atomic mass is 14.9. The Morgan fingerprint density at radius 2 is 2.00 bits per heavy atom. The zero-order valence-electron chi connectivity index (χ0n) is 7.46. The monoisotopic (exact) mass is 159 g/mol. The van der Waals surface area contributed by atoms with Gasteiger partial charge in [0.1, 0.15) is 0 Å². The summed E-state index contributed by atoms with van der Waals surface area (Å²) in [7, 11) is 0. The van der Waals surface area contributed by atoms with Gasteiger partial charge in [0, 0.05) is 17.3 Å². The lowest BCUT2D eigenvalue weighted by atomic mass is 9.99. The molecule has 0 fully saturated rings. The summed E-state index contributed by atoms with van der Waals surface area (Å²) in [5, 5.41) is 3.38. The maximum absolute atomic E-state index is 3.38. The van der Waals surface area contributed by atoms with Crippen LogP contribution in [0, 0.1) is 5.92 Å². The Morgan fingerprint density at radius 3 is 2.83 bits per heavy atom. The molecule has 0 aromatic heterocycles. The first-order valence-electron chi connectivity index (χ1n) is 4.28. The Kier molecular flexibility index (Phi) is 1.65. The average molecular weight is 159 g/mol. The van der Waals surface area contributed by atoms with Crippen LogP contribution in [0.2, 0.25) is 0 Å². The smallest absolute Gasteiger partial charge is 0.0400 e. The number of hydrogen-bond donors (Lipinski definition) is 1. The van der Waals surface area contributed by atoms with Crippen LogP contribution < -0.4 is 5.32 Å². The Bertz CT molecular complexity index is 316. The van der Waals surface area contributed by atoms with E-state index in [2.05, 4.69) is 49.5 Å². The van der Waals surface area contributed by atoms with E-state index in [0.717, 1.165) is 0 Å². The van der Waals surface area contributed by atoms with Crippen molar-refractivity contribution in [1.82, 2.24) is 5.32 Å². The molecule has 1 unspecified atom stereocenters. The Balaban J connectivity index is 2.40. The summed E-state index contributed by atoms with van der Waals surface area (Å²) in [6.45, 7) is 4.31. The van der Waals surface area contributed by atoms with Gasteiger partial charge in [-0.05, 0) is 25.5 Å². The van der Waals surface area contributed by atoms with Crippen LogP contribution in [0.25, 0.3) is 0 Å². The van der Waals surface area contributed by atoms with Crippen LogP contribution in [0.4, 0.5) is 0 Å². The fourth-order valence-electron chi connectivity index (χ4n) is 1.65. The molecular weight excluding hydrogens is 146 g/mol. The number of fused-ring (bicyclic) bond motifs is 1. The molecule has 1 aliphatic heterocycles.